The first kappa shape index (κ1) is 10.5. The molecule has 82 valence electrons. The third kappa shape index (κ3) is 2.32. The van der Waals surface area contributed by atoms with Crippen LogP contribution in [0.2, 0.25) is 0 Å². The summed E-state index contributed by atoms with van der Waals surface area (Å²) in [6, 6.07) is 7.12. The molecule has 2 heteroatoms. The first-order valence-electron chi connectivity index (χ1n) is 5.64. The SMILES string of the molecule is CNC(C)Cc1ccc2c(c1)OC(C)C2. The van der Waals surface area contributed by atoms with Crippen LogP contribution >= 0.6 is 0 Å². The maximum atomic E-state index is 5.74. The number of benzene rings is 1. The van der Waals surface area contributed by atoms with Gasteiger partial charge in [0.25, 0.3) is 0 Å². The number of nitrogens with one attached hydrogen (secondary N) is 1. The molecule has 1 aromatic rings. The number of hydrogen-bond acceptors (Lipinski definition) is 2. The topological polar surface area (TPSA) is 21.3 Å². The van der Waals surface area contributed by atoms with Crippen LogP contribution in [0.15, 0.2) is 18.2 Å². The summed E-state index contributed by atoms with van der Waals surface area (Å²) in [6.45, 7) is 4.31. The van der Waals surface area contributed by atoms with Gasteiger partial charge in [-0.15, -0.1) is 0 Å². The summed E-state index contributed by atoms with van der Waals surface area (Å²) >= 11 is 0. The molecule has 0 aliphatic carbocycles. The molecule has 1 aromatic carbocycles. The van der Waals surface area contributed by atoms with Crippen LogP contribution in [0.4, 0.5) is 0 Å². The lowest BCUT2D eigenvalue weighted by Gasteiger charge is -2.11. The molecule has 1 heterocycles. The average molecular weight is 205 g/mol. The second kappa shape index (κ2) is 4.23. The number of fused-ring (bicyclic) bond motifs is 1. The fraction of sp³-hybridized carbons (Fsp3) is 0.538. The van der Waals surface area contributed by atoms with Gasteiger partial charge < -0.3 is 10.1 Å². The summed E-state index contributed by atoms with van der Waals surface area (Å²) in [7, 11) is 2.00. The lowest BCUT2D eigenvalue weighted by atomic mass is 10.0. The Morgan fingerprint density at radius 3 is 3.07 bits per heavy atom. The Labute approximate surface area is 91.6 Å². The van der Waals surface area contributed by atoms with Gasteiger partial charge in [0.2, 0.25) is 0 Å². The van der Waals surface area contributed by atoms with Gasteiger partial charge in [0, 0.05) is 12.5 Å². The zero-order chi connectivity index (χ0) is 10.8. The van der Waals surface area contributed by atoms with Crippen molar-refractivity contribution in [1.29, 1.82) is 0 Å². The third-order valence-corrected chi connectivity index (χ3v) is 3.00. The van der Waals surface area contributed by atoms with Crippen molar-refractivity contribution in [2.24, 2.45) is 0 Å². The Morgan fingerprint density at radius 2 is 2.33 bits per heavy atom. The van der Waals surface area contributed by atoms with Gasteiger partial charge in [0.05, 0.1) is 0 Å². The van der Waals surface area contributed by atoms with Gasteiger partial charge in [0.1, 0.15) is 11.9 Å². The average Bonchev–Trinajstić information content (AvgIpc) is 2.57. The standard InChI is InChI=1S/C13H19NO/c1-9(14-3)6-11-4-5-12-7-10(2)15-13(12)8-11/h4-5,8-10,14H,6-7H2,1-3H3. The molecule has 2 atom stereocenters. The minimum Gasteiger partial charge on any atom is -0.490 e. The molecule has 0 saturated carbocycles. The maximum absolute atomic E-state index is 5.74. The summed E-state index contributed by atoms with van der Waals surface area (Å²) < 4.78 is 5.74. The Morgan fingerprint density at radius 1 is 1.53 bits per heavy atom. The Balaban J connectivity index is 2.13. The summed E-state index contributed by atoms with van der Waals surface area (Å²) in [5, 5.41) is 3.25. The maximum Gasteiger partial charge on any atom is 0.123 e. The minimum atomic E-state index is 0.344. The normalized spacial score (nSPS) is 20.9. The quantitative estimate of drug-likeness (QED) is 0.816. The fourth-order valence-electron chi connectivity index (χ4n) is 2.03. The van der Waals surface area contributed by atoms with Gasteiger partial charge in [-0.3, -0.25) is 0 Å². The van der Waals surface area contributed by atoms with E-state index in [-0.39, 0.29) is 0 Å². The van der Waals surface area contributed by atoms with Crippen LogP contribution in [0.5, 0.6) is 5.75 Å². The summed E-state index contributed by atoms with van der Waals surface area (Å²) in [4.78, 5) is 0. The lowest BCUT2D eigenvalue weighted by Crippen LogP contribution is -2.23. The largest absolute Gasteiger partial charge is 0.490 e. The van der Waals surface area contributed by atoms with Crippen LogP contribution in [0, 0.1) is 0 Å². The molecular formula is C13H19NO. The Kier molecular flexibility index (Phi) is 2.96. The monoisotopic (exact) mass is 205 g/mol. The van der Waals surface area contributed by atoms with E-state index in [0.29, 0.717) is 12.1 Å². The van der Waals surface area contributed by atoms with E-state index < -0.39 is 0 Å². The molecule has 2 unspecified atom stereocenters. The highest BCUT2D eigenvalue weighted by molar-refractivity contribution is 5.41. The molecule has 0 saturated heterocycles. The highest BCUT2D eigenvalue weighted by Crippen LogP contribution is 2.29. The van der Waals surface area contributed by atoms with E-state index >= 15 is 0 Å². The van der Waals surface area contributed by atoms with Crippen LogP contribution in [-0.2, 0) is 12.8 Å². The lowest BCUT2D eigenvalue weighted by molar-refractivity contribution is 0.254. The minimum absolute atomic E-state index is 0.344. The van der Waals surface area contributed by atoms with E-state index in [9.17, 15) is 0 Å². The summed E-state index contributed by atoms with van der Waals surface area (Å²) in [5.41, 5.74) is 2.70. The molecule has 15 heavy (non-hydrogen) atoms. The molecule has 2 rings (SSSR count). The highest BCUT2D eigenvalue weighted by atomic mass is 16.5. The van der Waals surface area contributed by atoms with E-state index in [1.54, 1.807) is 0 Å². The number of hydrogen-bond donors (Lipinski definition) is 1. The first-order chi connectivity index (χ1) is 7.19. The molecule has 0 amide bonds. The Bertz CT molecular complexity index is 348. The van der Waals surface area contributed by atoms with E-state index in [1.807, 2.05) is 7.05 Å². The van der Waals surface area contributed by atoms with Crippen LogP contribution < -0.4 is 10.1 Å². The number of rotatable bonds is 3. The molecule has 0 fully saturated rings. The number of ether oxygens (including phenoxy) is 1. The van der Waals surface area contributed by atoms with Gasteiger partial charge in [-0.1, -0.05) is 12.1 Å². The Hall–Kier alpha value is -1.02. The van der Waals surface area contributed by atoms with E-state index in [1.165, 1.54) is 11.1 Å². The van der Waals surface area contributed by atoms with Crippen LogP contribution in [-0.4, -0.2) is 19.2 Å². The van der Waals surface area contributed by atoms with Crippen molar-refractivity contribution in [2.45, 2.75) is 38.8 Å². The van der Waals surface area contributed by atoms with E-state index in [4.69, 9.17) is 4.74 Å². The van der Waals surface area contributed by atoms with Gasteiger partial charge in [-0.25, -0.2) is 0 Å². The van der Waals surface area contributed by atoms with Crippen molar-refractivity contribution < 1.29 is 4.74 Å². The van der Waals surface area contributed by atoms with Crippen molar-refractivity contribution in [3.8, 4) is 5.75 Å². The van der Waals surface area contributed by atoms with Crippen LogP contribution in [0.25, 0.3) is 0 Å². The molecule has 1 aliphatic rings. The molecule has 1 N–H and O–H groups in total. The van der Waals surface area contributed by atoms with E-state index in [0.717, 1.165) is 18.6 Å². The third-order valence-electron chi connectivity index (χ3n) is 3.00. The van der Waals surface area contributed by atoms with Crippen molar-refractivity contribution in [2.75, 3.05) is 7.05 Å². The van der Waals surface area contributed by atoms with Gasteiger partial charge >= 0.3 is 0 Å². The van der Waals surface area contributed by atoms with Crippen molar-refractivity contribution >= 4 is 0 Å². The van der Waals surface area contributed by atoms with Crippen molar-refractivity contribution in [3.63, 3.8) is 0 Å². The molecular weight excluding hydrogens is 186 g/mol. The van der Waals surface area contributed by atoms with Gasteiger partial charge in [0.15, 0.2) is 0 Å². The summed E-state index contributed by atoms with van der Waals surface area (Å²) in [6.07, 6.45) is 2.45. The second-order valence-corrected chi connectivity index (χ2v) is 4.47. The van der Waals surface area contributed by atoms with Crippen molar-refractivity contribution in [3.05, 3.63) is 29.3 Å². The van der Waals surface area contributed by atoms with Crippen LogP contribution in [0.1, 0.15) is 25.0 Å². The predicted octanol–water partition coefficient (Wildman–Crippen LogP) is 2.16. The summed E-state index contributed by atoms with van der Waals surface area (Å²) in [5.74, 6) is 1.09. The first-order valence-corrected chi connectivity index (χ1v) is 5.64. The van der Waals surface area contributed by atoms with Gasteiger partial charge in [-0.05, 0) is 44.5 Å². The van der Waals surface area contributed by atoms with E-state index in [2.05, 4.69) is 37.4 Å². The van der Waals surface area contributed by atoms with Crippen molar-refractivity contribution in [1.82, 2.24) is 5.32 Å². The zero-order valence-electron chi connectivity index (χ0n) is 9.71. The number of likely N-dealkylation sites (N-methyl/N-ethyl adjacent to an activating group) is 1. The molecule has 0 spiro atoms. The zero-order valence-corrected chi connectivity index (χ0v) is 9.71. The molecule has 0 bridgehead atoms. The molecule has 1 aliphatic heterocycles. The fourth-order valence-corrected chi connectivity index (χ4v) is 2.03. The van der Waals surface area contributed by atoms with Crippen LogP contribution in [0.3, 0.4) is 0 Å². The molecule has 2 nitrogen and oxygen atoms in total. The second-order valence-electron chi connectivity index (χ2n) is 4.47. The highest BCUT2D eigenvalue weighted by Gasteiger charge is 2.18. The smallest absolute Gasteiger partial charge is 0.123 e. The molecule has 0 radical (unpaired) electrons. The van der Waals surface area contributed by atoms with Gasteiger partial charge in [-0.2, -0.15) is 0 Å². The molecule has 0 aromatic heterocycles. The predicted molar refractivity (Wildman–Crippen MR) is 62.5 cm³/mol.